The second-order valence-electron chi connectivity index (χ2n) is 6.79. The van der Waals surface area contributed by atoms with Crippen molar-refractivity contribution in [1.29, 1.82) is 0 Å². The summed E-state index contributed by atoms with van der Waals surface area (Å²) in [5.41, 5.74) is 0.562. The lowest BCUT2D eigenvalue weighted by molar-refractivity contribution is -0.115. The topological polar surface area (TPSA) is 69.0 Å². The first-order valence-electron chi connectivity index (χ1n) is 9.22. The molecule has 0 saturated heterocycles. The molecule has 1 heterocycles. The van der Waals surface area contributed by atoms with Crippen LogP contribution in [0.15, 0.2) is 23.4 Å². The van der Waals surface area contributed by atoms with Crippen molar-refractivity contribution in [2.45, 2.75) is 62.4 Å². The molecule has 3 rings (SSSR count). The zero-order valence-corrected chi connectivity index (χ0v) is 17.4. The predicted octanol–water partition coefficient (Wildman–Crippen LogP) is 4.87. The Morgan fingerprint density at radius 2 is 2.07 bits per heavy atom. The van der Waals surface area contributed by atoms with Gasteiger partial charge in [-0.15, -0.1) is 10.2 Å². The number of thioether (sulfide) groups is 1. The molecule has 146 valence electrons. The molecule has 1 aliphatic carbocycles. The highest BCUT2D eigenvalue weighted by molar-refractivity contribution is 8.00. The van der Waals surface area contributed by atoms with Gasteiger partial charge in [0.2, 0.25) is 5.91 Å². The Morgan fingerprint density at radius 1 is 1.33 bits per heavy atom. The van der Waals surface area contributed by atoms with Gasteiger partial charge in [-0.3, -0.25) is 4.79 Å². The van der Waals surface area contributed by atoms with Gasteiger partial charge in [0.15, 0.2) is 5.16 Å². The molecule has 1 fully saturated rings. The van der Waals surface area contributed by atoms with Gasteiger partial charge in [0.1, 0.15) is 11.6 Å². The smallest absolute Gasteiger partial charge is 0.237 e. The second-order valence-corrected chi connectivity index (χ2v) is 8.53. The van der Waals surface area contributed by atoms with Crippen LogP contribution in [0.4, 0.5) is 5.69 Å². The Hall–Kier alpha value is -1.73. The number of aromatic nitrogens is 3. The highest BCUT2D eigenvalue weighted by atomic mass is 35.5. The van der Waals surface area contributed by atoms with Gasteiger partial charge in [-0.1, -0.05) is 42.6 Å². The Morgan fingerprint density at radius 3 is 2.78 bits per heavy atom. The molecule has 8 heteroatoms. The van der Waals surface area contributed by atoms with Gasteiger partial charge in [0.25, 0.3) is 0 Å². The molecule has 1 aliphatic rings. The number of nitrogens with zero attached hydrogens (tertiary/aromatic N) is 3. The van der Waals surface area contributed by atoms with E-state index in [1.54, 1.807) is 25.3 Å². The first-order valence-corrected chi connectivity index (χ1v) is 10.5. The van der Waals surface area contributed by atoms with E-state index in [9.17, 15) is 4.79 Å². The first-order chi connectivity index (χ1) is 13.0. The minimum atomic E-state index is -0.334. The molecule has 27 heavy (non-hydrogen) atoms. The predicted molar refractivity (Wildman–Crippen MR) is 109 cm³/mol. The second kappa shape index (κ2) is 8.97. The number of halogens is 1. The van der Waals surface area contributed by atoms with Gasteiger partial charge in [0, 0.05) is 11.1 Å². The summed E-state index contributed by atoms with van der Waals surface area (Å²) in [5, 5.41) is 12.5. The van der Waals surface area contributed by atoms with Crippen LogP contribution in [0.5, 0.6) is 5.75 Å². The number of anilines is 1. The Labute approximate surface area is 169 Å². The molecule has 0 bridgehead atoms. The summed E-state index contributed by atoms with van der Waals surface area (Å²) in [6.45, 7) is 3.85. The molecular weight excluding hydrogens is 384 g/mol. The summed E-state index contributed by atoms with van der Waals surface area (Å²) < 4.78 is 7.50. The minimum absolute atomic E-state index is 0.128. The van der Waals surface area contributed by atoms with Gasteiger partial charge in [0.05, 0.1) is 18.0 Å². The van der Waals surface area contributed by atoms with Gasteiger partial charge >= 0.3 is 0 Å². The van der Waals surface area contributed by atoms with E-state index in [0.717, 1.165) is 23.8 Å². The first kappa shape index (κ1) is 20.0. The van der Waals surface area contributed by atoms with Crippen molar-refractivity contribution in [1.82, 2.24) is 14.8 Å². The lowest BCUT2D eigenvalue weighted by Crippen LogP contribution is -2.24. The molecule has 1 N–H and O–H groups in total. The molecule has 0 aliphatic heterocycles. The van der Waals surface area contributed by atoms with Crippen molar-refractivity contribution in [3.8, 4) is 5.75 Å². The van der Waals surface area contributed by atoms with Crippen LogP contribution in [0, 0.1) is 6.92 Å². The maximum absolute atomic E-state index is 12.7. The monoisotopic (exact) mass is 408 g/mol. The van der Waals surface area contributed by atoms with Gasteiger partial charge in [-0.2, -0.15) is 0 Å². The van der Waals surface area contributed by atoms with E-state index in [4.69, 9.17) is 16.3 Å². The van der Waals surface area contributed by atoms with Crippen molar-refractivity contribution >= 4 is 35.0 Å². The molecule has 1 saturated carbocycles. The molecule has 1 amide bonds. The van der Waals surface area contributed by atoms with Crippen LogP contribution >= 0.6 is 23.4 Å². The van der Waals surface area contributed by atoms with E-state index in [1.165, 1.54) is 31.0 Å². The zero-order chi connectivity index (χ0) is 19.4. The quantitative estimate of drug-likeness (QED) is 0.690. The number of carbonyl (C=O) groups is 1. The van der Waals surface area contributed by atoms with Gasteiger partial charge in [-0.05, 0) is 44.9 Å². The van der Waals surface area contributed by atoms with Crippen molar-refractivity contribution < 1.29 is 9.53 Å². The van der Waals surface area contributed by atoms with Crippen LogP contribution in [-0.4, -0.2) is 33.0 Å². The normalized spacial score (nSPS) is 16.1. The number of hydrogen-bond donors (Lipinski definition) is 1. The summed E-state index contributed by atoms with van der Waals surface area (Å²) in [7, 11) is 1.56. The lowest BCUT2D eigenvalue weighted by atomic mass is 9.95. The number of nitrogens with one attached hydrogen (secondary N) is 1. The van der Waals surface area contributed by atoms with Crippen LogP contribution in [-0.2, 0) is 4.79 Å². The Kier molecular flexibility index (Phi) is 6.65. The number of rotatable bonds is 6. The zero-order valence-electron chi connectivity index (χ0n) is 15.9. The third-order valence-corrected chi connectivity index (χ3v) is 6.14. The highest BCUT2D eigenvalue weighted by Crippen LogP contribution is 2.34. The Balaban J connectivity index is 1.71. The average Bonchev–Trinajstić information content (AvgIpc) is 3.02. The van der Waals surface area contributed by atoms with Gasteiger partial charge in [-0.25, -0.2) is 0 Å². The summed E-state index contributed by atoms with van der Waals surface area (Å²) in [6, 6.07) is 5.58. The molecule has 2 aromatic rings. The van der Waals surface area contributed by atoms with Crippen LogP contribution in [0.25, 0.3) is 0 Å². The third kappa shape index (κ3) is 4.76. The number of ether oxygens (including phenoxy) is 1. The molecule has 1 aromatic carbocycles. The van der Waals surface area contributed by atoms with Crippen molar-refractivity contribution in [2.75, 3.05) is 12.4 Å². The van der Waals surface area contributed by atoms with Crippen molar-refractivity contribution in [2.24, 2.45) is 0 Å². The van der Waals surface area contributed by atoms with Crippen molar-refractivity contribution in [3.63, 3.8) is 0 Å². The highest BCUT2D eigenvalue weighted by Gasteiger charge is 2.25. The van der Waals surface area contributed by atoms with Crippen LogP contribution in [0.3, 0.4) is 0 Å². The number of carbonyl (C=O) groups excluding carboxylic acids is 1. The van der Waals surface area contributed by atoms with Crippen LogP contribution in [0.1, 0.15) is 50.9 Å². The van der Waals surface area contributed by atoms with Crippen molar-refractivity contribution in [3.05, 3.63) is 29.0 Å². The summed E-state index contributed by atoms with van der Waals surface area (Å²) >= 11 is 7.48. The summed E-state index contributed by atoms with van der Waals surface area (Å²) in [6.07, 6.45) is 6.05. The maximum atomic E-state index is 12.7. The number of methoxy groups -OCH3 is 1. The van der Waals surface area contributed by atoms with E-state index in [-0.39, 0.29) is 11.2 Å². The lowest BCUT2D eigenvalue weighted by Gasteiger charge is -2.25. The van der Waals surface area contributed by atoms with Gasteiger partial charge < -0.3 is 14.6 Å². The average molecular weight is 409 g/mol. The molecule has 0 radical (unpaired) electrons. The van der Waals surface area contributed by atoms with E-state index in [1.807, 2.05) is 13.8 Å². The molecule has 1 aromatic heterocycles. The fourth-order valence-corrected chi connectivity index (χ4v) is 4.55. The Bertz CT molecular complexity index is 805. The van der Waals surface area contributed by atoms with Crippen LogP contribution in [0.2, 0.25) is 5.02 Å². The fourth-order valence-electron chi connectivity index (χ4n) is 3.41. The SMILES string of the molecule is COc1ccc(Cl)cc1NC(=O)[C@@H](C)Sc1nnc(C)n1C1CCCCC1. The molecule has 6 nitrogen and oxygen atoms in total. The molecule has 0 spiro atoms. The number of benzene rings is 1. The van der Waals surface area contributed by atoms with E-state index in [2.05, 4.69) is 20.1 Å². The number of hydrogen-bond acceptors (Lipinski definition) is 5. The molecule has 0 unspecified atom stereocenters. The summed E-state index contributed by atoms with van der Waals surface area (Å²) in [4.78, 5) is 12.7. The summed E-state index contributed by atoms with van der Waals surface area (Å²) in [5.74, 6) is 1.36. The number of amides is 1. The molecular formula is C19H25ClN4O2S. The minimum Gasteiger partial charge on any atom is -0.495 e. The maximum Gasteiger partial charge on any atom is 0.237 e. The fraction of sp³-hybridized carbons (Fsp3) is 0.526. The largest absolute Gasteiger partial charge is 0.495 e. The molecule has 1 atom stereocenters. The number of aryl methyl sites for hydroxylation is 1. The van der Waals surface area contributed by atoms with E-state index in [0.29, 0.717) is 22.5 Å². The standard InChI is InChI=1S/C19H25ClN4O2S/c1-12(18(25)21-16-11-14(20)9-10-17(16)26-3)27-19-23-22-13(2)24(19)15-7-5-4-6-8-15/h9-12,15H,4-8H2,1-3H3,(H,21,25)/t12-/m1/s1. The third-order valence-electron chi connectivity index (χ3n) is 4.85. The van der Waals surface area contributed by atoms with Crippen LogP contribution < -0.4 is 10.1 Å². The van der Waals surface area contributed by atoms with E-state index < -0.39 is 0 Å². The van der Waals surface area contributed by atoms with E-state index >= 15 is 0 Å².